The number of methoxy groups -OCH3 is 1. The Balaban J connectivity index is 2.53. The van der Waals surface area contributed by atoms with Crippen molar-refractivity contribution in [3.8, 4) is 5.75 Å². The zero-order valence-corrected chi connectivity index (χ0v) is 19.6. The Labute approximate surface area is 184 Å². The van der Waals surface area contributed by atoms with Crippen molar-refractivity contribution in [2.45, 2.75) is 116 Å². The molecule has 2 atom stereocenters. The quantitative estimate of drug-likeness (QED) is 0.262. The number of hydrogen-bond donors (Lipinski definition) is 2. The standard InChI is InChI=1S/C26H45NO3/c1-4-6-8-10-12-14-16-24(25(28)17-15-13-11-9-7-5-2)27-26(29)22-18-20-23(30-3)21-19-22/h18-21,24-25,28H,4-17H2,1-3H3,(H,27,29). The van der Waals surface area contributed by atoms with E-state index in [1.807, 2.05) is 0 Å². The molecule has 0 saturated heterocycles. The number of unbranched alkanes of at least 4 members (excludes halogenated alkanes) is 10. The molecule has 1 aromatic carbocycles. The number of nitrogens with one attached hydrogen (secondary N) is 1. The van der Waals surface area contributed by atoms with Crippen molar-refractivity contribution in [1.82, 2.24) is 5.32 Å². The van der Waals surface area contributed by atoms with Crippen molar-refractivity contribution >= 4 is 5.91 Å². The first-order valence-electron chi connectivity index (χ1n) is 12.2. The molecule has 0 aliphatic rings. The van der Waals surface area contributed by atoms with Gasteiger partial charge >= 0.3 is 0 Å². The minimum atomic E-state index is -0.478. The average molecular weight is 420 g/mol. The Morgan fingerprint density at radius 2 is 1.33 bits per heavy atom. The van der Waals surface area contributed by atoms with Crippen LogP contribution in [0.2, 0.25) is 0 Å². The van der Waals surface area contributed by atoms with Crippen LogP contribution in [-0.4, -0.2) is 30.3 Å². The summed E-state index contributed by atoms with van der Waals surface area (Å²) in [5.41, 5.74) is 0.607. The second kappa shape index (κ2) is 17.2. The predicted molar refractivity (Wildman–Crippen MR) is 126 cm³/mol. The lowest BCUT2D eigenvalue weighted by Gasteiger charge is -2.24. The van der Waals surface area contributed by atoms with Crippen LogP contribution in [0.25, 0.3) is 0 Å². The van der Waals surface area contributed by atoms with Crippen LogP contribution < -0.4 is 10.1 Å². The molecule has 0 heterocycles. The molecular weight excluding hydrogens is 374 g/mol. The second-order valence-corrected chi connectivity index (χ2v) is 8.49. The summed E-state index contributed by atoms with van der Waals surface area (Å²) >= 11 is 0. The Kier molecular flexibility index (Phi) is 15.2. The maximum absolute atomic E-state index is 12.7. The zero-order chi connectivity index (χ0) is 22.0. The van der Waals surface area contributed by atoms with E-state index >= 15 is 0 Å². The molecule has 0 saturated carbocycles. The third-order valence-corrected chi connectivity index (χ3v) is 5.86. The number of rotatable bonds is 18. The van der Waals surface area contributed by atoms with Crippen molar-refractivity contribution in [2.24, 2.45) is 0 Å². The van der Waals surface area contributed by atoms with Gasteiger partial charge in [0.25, 0.3) is 5.91 Å². The number of benzene rings is 1. The molecule has 1 amide bonds. The molecule has 30 heavy (non-hydrogen) atoms. The van der Waals surface area contributed by atoms with E-state index in [2.05, 4.69) is 19.2 Å². The summed E-state index contributed by atoms with van der Waals surface area (Å²) < 4.78 is 5.17. The molecule has 1 aromatic rings. The minimum absolute atomic E-state index is 0.115. The van der Waals surface area contributed by atoms with Crippen molar-refractivity contribution in [3.63, 3.8) is 0 Å². The number of carbonyl (C=O) groups excluding carboxylic acids is 1. The van der Waals surface area contributed by atoms with Gasteiger partial charge in [0.2, 0.25) is 0 Å². The SMILES string of the molecule is CCCCCCCCC(O)C(CCCCCCCC)NC(=O)c1ccc(OC)cc1. The molecule has 0 aliphatic carbocycles. The van der Waals surface area contributed by atoms with E-state index in [1.165, 1.54) is 57.8 Å². The fraction of sp³-hybridized carbons (Fsp3) is 0.731. The lowest BCUT2D eigenvalue weighted by Crippen LogP contribution is -2.43. The largest absolute Gasteiger partial charge is 0.497 e. The molecule has 0 aromatic heterocycles. The lowest BCUT2D eigenvalue weighted by atomic mass is 9.97. The molecule has 0 fully saturated rings. The van der Waals surface area contributed by atoms with Gasteiger partial charge in [0, 0.05) is 5.56 Å². The summed E-state index contributed by atoms with van der Waals surface area (Å²) in [6.45, 7) is 4.45. The van der Waals surface area contributed by atoms with E-state index in [4.69, 9.17) is 4.74 Å². The highest BCUT2D eigenvalue weighted by atomic mass is 16.5. The number of aliphatic hydroxyl groups is 1. The molecule has 1 rings (SSSR count). The van der Waals surface area contributed by atoms with Crippen molar-refractivity contribution < 1.29 is 14.6 Å². The van der Waals surface area contributed by atoms with Gasteiger partial charge in [-0.05, 0) is 37.1 Å². The van der Waals surface area contributed by atoms with Gasteiger partial charge < -0.3 is 15.2 Å². The third kappa shape index (κ3) is 11.6. The van der Waals surface area contributed by atoms with Crippen LogP contribution in [0.5, 0.6) is 5.75 Å². The Hall–Kier alpha value is -1.55. The van der Waals surface area contributed by atoms with Crippen LogP contribution in [0.3, 0.4) is 0 Å². The normalized spacial score (nSPS) is 13.1. The maximum Gasteiger partial charge on any atom is 0.251 e. The van der Waals surface area contributed by atoms with E-state index in [1.54, 1.807) is 31.4 Å². The first-order chi connectivity index (χ1) is 14.6. The summed E-state index contributed by atoms with van der Waals surface area (Å²) in [4.78, 5) is 12.7. The Morgan fingerprint density at radius 1 is 0.833 bits per heavy atom. The van der Waals surface area contributed by atoms with Crippen LogP contribution in [0.1, 0.15) is 114 Å². The summed E-state index contributed by atoms with van der Waals surface area (Å²) in [5, 5.41) is 13.9. The van der Waals surface area contributed by atoms with Gasteiger partial charge in [-0.15, -0.1) is 0 Å². The van der Waals surface area contributed by atoms with Gasteiger partial charge in [-0.3, -0.25) is 4.79 Å². The topological polar surface area (TPSA) is 58.6 Å². The highest BCUT2D eigenvalue weighted by molar-refractivity contribution is 5.94. The van der Waals surface area contributed by atoms with Crippen molar-refractivity contribution in [2.75, 3.05) is 7.11 Å². The highest BCUT2D eigenvalue weighted by Crippen LogP contribution is 2.17. The smallest absolute Gasteiger partial charge is 0.251 e. The van der Waals surface area contributed by atoms with Crippen LogP contribution in [0.15, 0.2) is 24.3 Å². The number of carbonyl (C=O) groups is 1. The molecule has 4 heteroatoms. The molecule has 2 N–H and O–H groups in total. The third-order valence-electron chi connectivity index (χ3n) is 5.86. The molecule has 0 aliphatic heterocycles. The second-order valence-electron chi connectivity index (χ2n) is 8.49. The molecule has 4 nitrogen and oxygen atoms in total. The highest BCUT2D eigenvalue weighted by Gasteiger charge is 2.21. The first-order valence-corrected chi connectivity index (χ1v) is 12.2. The molecule has 0 spiro atoms. The van der Waals surface area contributed by atoms with Gasteiger partial charge in [-0.1, -0.05) is 90.9 Å². The molecule has 0 radical (unpaired) electrons. The predicted octanol–water partition coefficient (Wildman–Crippen LogP) is 6.66. The summed E-state index contributed by atoms with van der Waals surface area (Å²) in [5.74, 6) is 0.619. The van der Waals surface area contributed by atoms with Gasteiger partial charge in [-0.25, -0.2) is 0 Å². The van der Waals surface area contributed by atoms with Crippen LogP contribution in [0, 0.1) is 0 Å². The van der Waals surface area contributed by atoms with Gasteiger partial charge in [0.1, 0.15) is 5.75 Å². The molecule has 172 valence electrons. The van der Waals surface area contributed by atoms with Gasteiger partial charge in [0.15, 0.2) is 0 Å². The number of hydrogen-bond acceptors (Lipinski definition) is 3. The van der Waals surface area contributed by atoms with Crippen molar-refractivity contribution in [1.29, 1.82) is 0 Å². The average Bonchev–Trinajstić information content (AvgIpc) is 2.77. The van der Waals surface area contributed by atoms with Crippen LogP contribution in [0.4, 0.5) is 0 Å². The Bertz CT molecular complexity index is 544. The molecular formula is C26H45NO3. The van der Waals surface area contributed by atoms with Gasteiger partial charge in [-0.2, -0.15) is 0 Å². The van der Waals surface area contributed by atoms with Crippen LogP contribution in [-0.2, 0) is 0 Å². The molecule has 0 bridgehead atoms. The summed E-state index contributed by atoms with van der Waals surface area (Å²) in [6.07, 6.45) is 15.6. The van der Waals surface area contributed by atoms with Crippen LogP contribution >= 0.6 is 0 Å². The number of aliphatic hydroxyl groups excluding tert-OH is 1. The maximum atomic E-state index is 12.7. The zero-order valence-electron chi connectivity index (χ0n) is 19.6. The number of amides is 1. The minimum Gasteiger partial charge on any atom is -0.497 e. The van der Waals surface area contributed by atoms with E-state index in [0.29, 0.717) is 5.56 Å². The monoisotopic (exact) mass is 419 g/mol. The number of ether oxygens (including phenoxy) is 1. The fourth-order valence-corrected chi connectivity index (χ4v) is 3.83. The van der Waals surface area contributed by atoms with E-state index in [-0.39, 0.29) is 11.9 Å². The van der Waals surface area contributed by atoms with Gasteiger partial charge in [0.05, 0.1) is 19.3 Å². The molecule has 2 unspecified atom stereocenters. The fourth-order valence-electron chi connectivity index (χ4n) is 3.83. The van der Waals surface area contributed by atoms with E-state index in [9.17, 15) is 9.90 Å². The lowest BCUT2D eigenvalue weighted by molar-refractivity contribution is 0.0789. The summed E-state index contributed by atoms with van der Waals surface area (Å²) in [6, 6.07) is 6.96. The first kappa shape index (κ1) is 26.5. The van der Waals surface area contributed by atoms with Crippen molar-refractivity contribution in [3.05, 3.63) is 29.8 Å². The summed E-state index contributed by atoms with van der Waals surface area (Å²) in [7, 11) is 1.62. The van der Waals surface area contributed by atoms with E-state index in [0.717, 1.165) is 37.9 Å². The Morgan fingerprint density at radius 3 is 1.87 bits per heavy atom. The van der Waals surface area contributed by atoms with E-state index < -0.39 is 6.10 Å².